The minimum absolute atomic E-state index is 0.0255. The maximum atomic E-state index is 13.7. The van der Waals surface area contributed by atoms with Gasteiger partial charge in [0.25, 0.3) is 0 Å². The fourth-order valence-electron chi connectivity index (χ4n) is 8.30. The zero-order valence-corrected chi connectivity index (χ0v) is 17.9. The van der Waals surface area contributed by atoms with Gasteiger partial charge in [0.1, 0.15) is 11.5 Å². The summed E-state index contributed by atoms with van der Waals surface area (Å²) in [7, 11) is 3.63. The molecule has 6 aliphatic rings. The highest BCUT2D eigenvalue weighted by molar-refractivity contribution is 5.85. The van der Waals surface area contributed by atoms with Crippen molar-refractivity contribution in [2.24, 2.45) is 11.3 Å². The molecule has 1 aromatic carbocycles. The summed E-state index contributed by atoms with van der Waals surface area (Å²) in [5.74, 6) is -0.506. The molecule has 8 atom stereocenters. The number of benzene rings is 1. The van der Waals surface area contributed by atoms with E-state index in [1.54, 1.807) is 0 Å². The number of piperidine rings is 4. The Morgan fingerprint density at radius 2 is 2.03 bits per heavy atom. The van der Waals surface area contributed by atoms with Crippen molar-refractivity contribution in [3.05, 3.63) is 41.5 Å². The SMILES string of the molecule is C/C=C1\CN2C3C[C@@H]1[C@@]1(C(=O)OC)[C@@H]2CC2(c4ccccc4N(C)[C@H]32)[C@@H]1OC(C)=O. The Balaban J connectivity index is 1.69. The van der Waals surface area contributed by atoms with Crippen LogP contribution in [0.25, 0.3) is 0 Å². The number of para-hydroxylation sites is 1. The van der Waals surface area contributed by atoms with Gasteiger partial charge in [-0.05, 0) is 31.4 Å². The van der Waals surface area contributed by atoms with Crippen molar-refractivity contribution >= 4 is 17.6 Å². The first-order valence-corrected chi connectivity index (χ1v) is 10.9. The topological polar surface area (TPSA) is 59.1 Å². The first kappa shape index (κ1) is 18.4. The van der Waals surface area contributed by atoms with Gasteiger partial charge in [-0.2, -0.15) is 0 Å². The first-order chi connectivity index (χ1) is 14.4. The van der Waals surface area contributed by atoms with Crippen LogP contribution in [0, 0.1) is 11.3 Å². The summed E-state index contributed by atoms with van der Waals surface area (Å²) < 4.78 is 11.7. The van der Waals surface area contributed by atoms with Crippen LogP contribution < -0.4 is 4.90 Å². The Morgan fingerprint density at radius 1 is 1.27 bits per heavy atom. The van der Waals surface area contributed by atoms with Crippen molar-refractivity contribution in [2.75, 3.05) is 25.6 Å². The van der Waals surface area contributed by atoms with Crippen molar-refractivity contribution in [2.45, 2.75) is 56.3 Å². The number of carbonyl (C=O) groups is 2. The molecule has 0 N–H and O–H groups in total. The largest absolute Gasteiger partial charge is 0.468 e. The number of esters is 2. The number of hydrogen-bond donors (Lipinski definition) is 0. The number of ether oxygens (including phenoxy) is 2. The van der Waals surface area contributed by atoms with Gasteiger partial charge >= 0.3 is 11.9 Å². The summed E-state index contributed by atoms with van der Waals surface area (Å²) >= 11 is 0. The molecule has 7 rings (SSSR count). The molecule has 158 valence electrons. The normalized spacial score (nSPS) is 45.5. The third-order valence-corrected chi connectivity index (χ3v) is 8.97. The Kier molecular flexibility index (Phi) is 3.48. The third-order valence-electron chi connectivity index (χ3n) is 8.97. The molecule has 5 fully saturated rings. The summed E-state index contributed by atoms with van der Waals surface area (Å²) in [6, 6.07) is 8.99. The second kappa shape index (κ2) is 5.67. The molecule has 6 heteroatoms. The van der Waals surface area contributed by atoms with E-state index >= 15 is 0 Å². The van der Waals surface area contributed by atoms with E-state index in [1.165, 1.54) is 30.9 Å². The van der Waals surface area contributed by atoms with Crippen LogP contribution in [0.5, 0.6) is 0 Å². The van der Waals surface area contributed by atoms with Crippen LogP contribution in [-0.4, -0.2) is 61.8 Å². The quantitative estimate of drug-likeness (QED) is 0.553. The lowest BCUT2D eigenvalue weighted by Gasteiger charge is -2.61. The van der Waals surface area contributed by atoms with Crippen LogP contribution in [0.4, 0.5) is 5.69 Å². The Morgan fingerprint density at radius 3 is 2.73 bits per heavy atom. The van der Waals surface area contributed by atoms with Crippen LogP contribution in [0.2, 0.25) is 0 Å². The predicted octanol–water partition coefficient (Wildman–Crippen LogP) is 2.27. The summed E-state index contributed by atoms with van der Waals surface area (Å²) in [5, 5.41) is 0. The van der Waals surface area contributed by atoms with E-state index < -0.39 is 16.9 Å². The van der Waals surface area contributed by atoms with Crippen LogP contribution in [0.1, 0.15) is 32.3 Å². The van der Waals surface area contributed by atoms with Crippen molar-refractivity contribution in [3.8, 4) is 0 Å². The van der Waals surface area contributed by atoms with Gasteiger partial charge in [-0.1, -0.05) is 29.8 Å². The second-order valence-electron chi connectivity index (χ2n) is 9.64. The maximum absolute atomic E-state index is 13.7. The fraction of sp³-hybridized carbons (Fsp3) is 0.583. The number of fused-ring (bicyclic) bond motifs is 2. The molecule has 3 unspecified atom stereocenters. The van der Waals surface area contributed by atoms with E-state index in [0.717, 1.165) is 19.4 Å². The van der Waals surface area contributed by atoms with Gasteiger partial charge in [-0.15, -0.1) is 0 Å². The van der Waals surface area contributed by atoms with Crippen LogP contribution in [-0.2, 0) is 24.5 Å². The molecule has 1 saturated carbocycles. The maximum Gasteiger partial charge on any atom is 0.317 e. The van der Waals surface area contributed by atoms with Gasteiger partial charge in [0, 0.05) is 44.2 Å². The van der Waals surface area contributed by atoms with Crippen molar-refractivity contribution in [1.82, 2.24) is 4.90 Å². The molecule has 6 nitrogen and oxygen atoms in total. The highest BCUT2D eigenvalue weighted by Crippen LogP contribution is 2.73. The summed E-state index contributed by atoms with van der Waals surface area (Å²) in [6.45, 7) is 4.40. The Hall–Kier alpha value is -2.34. The molecule has 1 aromatic rings. The molecule has 0 amide bonds. The number of methoxy groups -OCH3 is 1. The number of likely N-dealkylation sites (N-methyl/N-ethyl adjacent to an activating group) is 1. The van der Waals surface area contributed by atoms with Gasteiger partial charge in [-0.3, -0.25) is 14.5 Å². The summed E-state index contributed by atoms with van der Waals surface area (Å²) in [6.07, 6.45) is 3.33. The van der Waals surface area contributed by atoms with E-state index in [1.807, 2.05) is 0 Å². The van der Waals surface area contributed by atoms with Gasteiger partial charge in [-0.25, -0.2) is 0 Å². The van der Waals surface area contributed by atoms with Gasteiger partial charge in [0.2, 0.25) is 0 Å². The summed E-state index contributed by atoms with van der Waals surface area (Å²) in [4.78, 5) is 31.0. The van der Waals surface area contributed by atoms with Crippen molar-refractivity contribution in [3.63, 3.8) is 0 Å². The number of carbonyl (C=O) groups excluding carboxylic acids is 2. The van der Waals surface area contributed by atoms with Crippen LogP contribution >= 0.6 is 0 Å². The van der Waals surface area contributed by atoms with E-state index in [9.17, 15) is 9.59 Å². The predicted molar refractivity (Wildman–Crippen MR) is 111 cm³/mol. The van der Waals surface area contributed by atoms with E-state index in [0.29, 0.717) is 6.04 Å². The monoisotopic (exact) mass is 408 g/mol. The van der Waals surface area contributed by atoms with Gasteiger partial charge in [0.15, 0.2) is 0 Å². The number of anilines is 1. The lowest BCUT2D eigenvalue weighted by molar-refractivity contribution is -0.187. The van der Waals surface area contributed by atoms with E-state index in [-0.39, 0.29) is 29.9 Å². The zero-order valence-electron chi connectivity index (χ0n) is 17.9. The standard InChI is InChI=1S/C24H28N2O4/c1-5-14-12-26-18-10-16(14)24(22(28)29-4)19(26)11-23(21(24)30-13(2)27)15-8-6-7-9-17(15)25(3)20(18)23/h5-9,16,18-21H,10-12H2,1-4H3/b14-5+/t16-,18?,19-,20+,21-,23?,24+/m0/s1. The molecule has 5 heterocycles. The number of allylic oxidation sites excluding steroid dienone is 1. The molecular formula is C24H28N2O4. The number of hydrogen-bond acceptors (Lipinski definition) is 6. The lowest BCUT2D eigenvalue weighted by Crippen LogP contribution is -2.71. The van der Waals surface area contributed by atoms with Gasteiger partial charge in [0.05, 0.1) is 18.6 Å². The highest BCUT2D eigenvalue weighted by atomic mass is 16.6. The molecule has 1 spiro atoms. The molecule has 5 aliphatic heterocycles. The minimum atomic E-state index is -0.857. The van der Waals surface area contributed by atoms with Crippen LogP contribution in [0.3, 0.4) is 0 Å². The Bertz CT molecular complexity index is 1000. The smallest absolute Gasteiger partial charge is 0.317 e. The van der Waals surface area contributed by atoms with Gasteiger partial charge < -0.3 is 14.4 Å². The minimum Gasteiger partial charge on any atom is -0.468 e. The molecular weight excluding hydrogens is 380 g/mol. The summed E-state index contributed by atoms with van der Waals surface area (Å²) in [5.41, 5.74) is 2.43. The average molecular weight is 408 g/mol. The number of rotatable bonds is 2. The van der Waals surface area contributed by atoms with Crippen molar-refractivity contribution in [1.29, 1.82) is 0 Å². The first-order valence-electron chi connectivity index (χ1n) is 10.9. The average Bonchev–Trinajstić information content (AvgIpc) is 3.14. The molecule has 4 saturated heterocycles. The fourth-order valence-corrected chi connectivity index (χ4v) is 8.30. The molecule has 30 heavy (non-hydrogen) atoms. The van der Waals surface area contributed by atoms with Crippen LogP contribution in [0.15, 0.2) is 35.9 Å². The lowest BCUT2D eigenvalue weighted by atomic mass is 9.58. The molecule has 0 aromatic heterocycles. The molecule has 1 aliphatic carbocycles. The van der Waals surface area contributed by atoms with Crippen molar-refractivity contribution < 1.29 is 19.1 Å². The van der Waals surface area contributed by atoms with E-state index in [4.69, 9.17) is 9.47 Å². The Labute approximate surface area is 176 Å². The third kappa shape index (κ3) is 1.71. The zero-order chi connectivity index (χ0) is 21.0. The molecule has 0 radical (unpaired) electrons. The number of nitrogens with zero attached hydrogens (tertiary/aromatic N) is 2. The highest BCUT2D eigenvalue weighted by Gasteiger charge is 2.84. The van der Waals surface area contributed by atoms with E-state index in [2.05, 4.69) is 54.1 Å². The molecule has 5 bridgehead atoms. The second-order valence-corrected chi connectivity index (χ2v) is 9.64.